The number of allylic oxidation sites excluding steroid dienone is 2. The Morgan fingerprint density at radius 3 is 2.86 bits per heavy atom. The fourth-order valence-electron chi connectivity index (χ4n) is 1.29. The lowest BCUT2D eigenvalue weighted by Crippen LogP contribution is -2.17. The zero-order valence-electron chi connectivity index (χ0n) is 7.15. The molecule has 3 heteroatoms. The number of ketones is 2. The van der Waals surface area contributed by atoms with Gasteiger partial charge in [-0.05, 0) is 12.1 Å². The normalized spacial score (nSPS) is 14.4. The maximum atomic E-state index is 11.6. The number of hydrogen-bond acceptors (Lipinski definition) is 3. The van der Waals surface area contributed by atoms with Crippen molar-refractivity contribution < 1.29 is 9.59 Å². The topological polar surface area (TPSA) is 47.0 Å². The molecule has 1 aliphatic rings. The SMILES string of the molecule is C#CC1=CC(=O)c2cccnc2C1=O. The summed E-state index contributed by atoms with van der Waals surface area (Å²) in [5.74, 6) is 1.55. The van der Waals surface area contributed by atoms with E-state index < -0.39 is 0 Å². The van der Waals surface area contributed by atoms with Crippen molar-refractivity contribution in [2.45, 2.75) is 0 Å². The first-order valence-corrected chi connectivity index (χ1v) is 3.96. The predicted molar refractivity (Wildman–Crippen MR) is 49.8 cm³/mol. The highest BCUT2D eigenvalue weighted by atomic mass is 16.1. The Morgan fingerprint density at radius 1 is 1.36 bits per heavy atom. The van der Waals surface area contributed by atoms with E-state index in [0.717, 1.165) is 0 Å². The molecular formula is C11H5NO2. The molecular weight excluding hydrogens is 178 g/mol. The molecule has 0 aromatic carbocycles. The Kier molecular flexibility index (Phi) is 1.76. The van der Waals surface area contributed by atoms with E-state index in [2.05, 4.69) is 10.9 Å². The quantitative estimate of drug-likeness (QED) is 0.564. The summed E-state index contributed by atoms with van der Waals surface area (Å²) in [7, 11) is 0. The van der Waals surface area contributed by atoms with Crippen molar-refractivity contribution in [2.24, 2.45) is 0 Å². The summed E-state index contributed by atoms with van der Waals surface area (Å²) in [5.41, 5.74) is 0.533. The fraction of sp³-hybridized carbons (Fsp3) is 0. The summed E-state index contributed by atoms with van der Waals surface area (Å²) >= 11 is 0. The first-order chi connectivity index (χ1) is 6.74. The Balaban J connectivity index is 2.68. The van der Waals surface area contributed by atoms with E-state index in [1.54, 1.807) is 12.1 Å². The van der Waals surface area contributed by atoms with E-state index in [0.29, 0.717) is 5.56 Å². The average Bonchev–Trinajstić information content (AvgIpc) is 2.23. The zero-order valence-corrected chi connectivity index (χ0v) is 7.15. The molecule has 66 valence electrons. The van der Waals surface area contributed by atoms with Gasteiger partial charge in [0.15, 0.2) is 5.78 Å². The molecule has 0 spiro atoms. The van der Waals surface area contributed by atoms with Crippen LogP contribution in [-0.2, 0) is 0 Å². The Bertz CT molecular complexity index is 506. The lowest BCUT2D eigenvalue weighted by atomic mass is 9.94. The van der Waals surface area contributed by atoms with Crippen molar-refractivity contribution in [1.29, 1.82) is 0 Å². The van der Waals surface area contributed by atoms with Crippen molar-refractivity contribution in [3.63, 3.8) is 0 Å². The first-order valence-electron chi connectivity index (χ1n) is 3.96. The van der Waals surface area contributed by atoms with Crippen LogP contribution >= 0.6 is 0 Å². The lowest BCUT2D eigenvalue weighted by Gasteiger charge is -2.09. The summed E-state index contributed by atoms with van der Waals surface area (Å²) in [6, 6.07) is 3.17. The van der Waals surface area contributed by atoms with Gasteiger partial charge in [0.2, 0.25) is 5.78 Å². The molecule has 0 amide bonds. The minimum absolute atomic E-state index is 0.0706. The number of carbonyl (C=O) groups excluding carboxylic acids is 2. The molecule has 0 atom stereocenters. The van der Waals surface area contributed by atoms with Crippen LogP contribution in [0.2, 0.25) is 0 Å². The van der Waals surface area contributed by atoms with Gasteiger partial charge >= 0.3 is 0 Å². The molecule has 1 aromatic heterocycles. The van der Waals surface area contributed by atoms with Crippen LogP contribution in [0.3, 0.4) is 0 Å². The third kappa shape index (κ3) is 1.05. The van der Waals surface area contributed by atoms with Crippen LogP contribution in [-0.4, -0.2) is 16.6 Å². The van der Waals surface area contributed by atoms with Gasteiger partial charge in [-0.2, -0.15) is 0 Å². The second-order valence-corrected chi connectivity index (χ2v) is 2.80. The molecule has 1 aromatic rings. The van der Waals surface area contributed by atoms with Gasteiger partial charge in [-0.3, -0.25) is 14.6 Å². The van der Waals surface area contributed by atoms with Gasteiger partial charge in [0.1, 0.15) is 5.69 Å². The van der Waals surface area contributed by atoms with Crippen LogP contribution in [0, 0.1) is 12.3 Å². The van der Waals surface area contributed by atoms with Crippen LogP contribution in [0.25, 0.3) is 0 Å². The number of nitrogens with zero attached hydrogens (tertiary/aromatic N) is 1. The highest BCUT2D eigenvalue weighted by Crippen LogP contribution is 2.18. The van der Waals surface area contributed by atoms with Crippen molar-refractivity contribution in [3.05, 3.63) is 41.2 Å². The molecule has 1 heterocycles. The molecule has 0 saturated carbocycles. The summed E-state index contributed by atoms with van der Waals surface area (Å²) in [6.45, 7) is 0. The number of hydrogen-bond donors (Lipinski definition) is 0. The molecule has 0 aliphatic heterocycles. The summed E-state index contributed by atoms with van der Waals surface area (Å²) in [6.07, 6.45) is 7.73. The van der Waals surface area contributed by atoms with Crippen molar-refractivity contribution in [1.82, 2.24) is 4.98 Å². The molecule has 0 fully saturated rings. The van der Waals surface area contributed by atoms with Gasteiger partial charge in [-0.25, -0.2) is 0 Å². The molecule has 0 bridgehead atoms. The van der Waals surface area contributed by atoms with Crippen LogP contribution in [0.15, 0.2) is 30.0 Å². The summed E-state index contributed by atoms with van der Waals surface area (Å²) in [5, 5.41) is 0. The van der Waals surface area contributed by atoms with E-state index in [1.165, 1.54) is 12.3 Å². The summed E-state index contributed by atoms with van der Waals surface area (Å²) < 4.78 is 0. The van der Waals surface area contributed by atoms with E-state index in [9.17, 15) is 9.59 Å². The number of terminal acetylenes is 1. The van der Waals surface area contributed by atoms with Crippen LogP contribution in [0.4, 0.5) is 0 Å². The third-order valence-electron chi connectivity index (χ3n) is 1.96. The van der Waals surface area contributed by atoms with Gasteiger partial charge in [-0.15, -0.1) is 6.42 Å². The number of pyridine rings is 1. The molecule has 0 radical (unpaired) electrons. The minimum atomic E-state index is -0.359. The molecule has 0 unspecified atom stereocenters. The Morgan fingerprint density at radius 2 is 2.14 bits per heavy atom. The number of Topliss-reactive ketones (excluding diaryl/α,β-unsaturated/α-hetero) is 1. The molecule has 0 saturated heterocycles. The Labute approximate surface area is 80.5 Å². The molecule has 0 N–H and O–H groups in total. The largest absolute Gasteiger partial charge is 0.289 e. The van der Waals surface area contributed by atoms with Gasteiger partial charge in [0.25, 0.3) is 0 Å². The first kappa shape index (κ1) is 8.39. The van der Waals surface area contributed by atoms with Gasteiger partial charge < -0.3 is 0 Å². The van der Waals surface area contributed by atoms with Crippen molar-refractivity contribution >= 4 is 11.6 Å². The monoisotopic (exact) mass is 183 g/mol. The van der Waals surface area contributed by atoms with Crippen LogP contribution < -0.4 is 0 Å². The van der Waals surface area contributed by atoms with E-state index >= 15 is 0 Å². The van der Waals surface area contributed by atoms with Crippen molar-refractivity contribution in [2.75, 3.05) is 0 Å². The second-order valence-electron chi connectivity index (χ2n) is 2.80. The van der Waals surface area contributed by atoms with E-state index in [1.807, 2.05) is 0 Å². The fourth-order valence-corrected chi connectivity index (χ4v) is 1.29. The summed E-state index contributed by atoms with van der Waals surface area (Å²) in [4.78, 5) is 26.8. The number of carbonyl (C=O) groups is 2. The smallest absolute Gasteiger partial charge is 0.220 e. The standard InChI is InChI=1S/C11H5NO2/c1-2-7-6-9(13)8-4-3-5-12-10(8)11(7)14/h1,3-6H. The molecule has 3 nitrogen and oxygen atoms in total. The highest BCUT2D eigenvalue weighted by molar-refractivity contribution is 6.25. The molecule has 14 heavy (non-hydrogen) atoms. The van der Waals surface area contributed by atoms with Gasteiger partial charge in [0.05, 0.1) is 11.1 Å². The lowest BCUT2D eigenvalue weighted by molar-refractivity contribution is 0.0984. The van der Waals surface area contributed by atoms with Crippen molar-refractivity contribution in [3.8, 4) is 12.3 Å². The average molecular weight is 183 g/mol. The van der Waals surface area contributed by atoms with Gasteiger partial charge in [-0.1, -0.05) is 5.92 Å². The molecule has 2 rings (SSSR count). The number of aromatic nitrogens is 1. The van der Waals surface area contributed by atoms with Gasteiger partial charge in [0, 0.05) is 12.3 Å². The van der Waals surface area contributed by atoms with E-state index in [-0.39, 0.29) is 22.8 Å². The predicted octanol–water partition coefficient (Wildman–Crippen LogP) is 1.02. The number of rotatable bonds is 0. The maximum absolute atomic E-state index is 11.6. The third-order valence-corrected chi connectivity index (χ3v) is 1.96. The Hall–Kier alpha value is -2.21. The van der Waals surface area contributed by atoms with E-state index in [4.69, 9.17) is 6.42 Å². The molecule has 1 aliphatic carbocycles. The van der Waals surface area contributed by atoms with Crippen LogP contribution in [0.1, 0.15) is 20.8 Å². The highest BCUT2D eigenvalue weighted by Gasteiger charge is 2.25. The maximum Gasteiger partial charge on any atom is 0.220 e. The second kappa shape index (κ2) is 2.93. The zero-order chi connectivity index (χ0) is 10.1. The minimum Gasteiger partial charge on any atom is -0.289 e. The van der Waals surface area contributed by atoms with Crippen LogP contribution in [0.5, 0.6) is 0 Å². The number of fused-ring (bicyclic) bond motifs is 1.